The minimum absolute atomic E-state index is 0.0193. The summed E-state index contributed by atoms with van der Waals surface area (Å²) in [7, 11) is -4.61. The predicted molar refractivity (Wildman–Crippen MR) is 217 cm³/mol. The Bertz CT molecular complexity index is 904. The highest BCUT2D eigenvalue weighted by Crippen LogP contribution is 2.43. The molecule has 0 aromatic rings. The van der Waals surface area contributed by atoms with Gasteiger partial charge in [0.15, 0.2) is 0 Å². The first kappa shape index (κ1) is 51.7. The number of esters is 1. The number of carboxylic acids is 1. The summed E-state index contributed by atoms with van der Waals surface area (Å²) in [6.07, 6.45) is 39.8. The summed E-state index contributed by atoms with van der Waals surface area (Å²) in [6.45, 7) is 3.88. The zero-order valence-corrected chi connectivity index (χ0v) is 35.0. The van der Waals surface area contributed by atoms with Crippen molar-refractivity contribution in [1.29, 1.82) is 0 Å². The van der Waals surface area contributed by atoms with Crippen molar-refractivity contribution in [1.82, 2.24) is 0 Å². The average molecular weight is 776 g/mol. The molecule has 314 valence electrons. The standard InChI is InChI=1S/C42H82NO9P/c1-3-5-7-9-11-13-15-17-18-19-20-21-23-25-27-29-31-33-35-49-36-39(37-50-53(47,48)51-38-40(43)42(45)46)52-41(44)34-32-30-28-26-24-22-16-14-12-10-8-6-4-2/h14,16,39-40H,3-13,15,17-38,43H2,1-2H3,(H,45,46)(H,47,48)/b16-14-. The first-order chi connectivity index (χ1) is 25.7. The van der Waals surface area contributed by atoms with E-state index in [0.29, 0.717) is 13.0 Å². The molecule has 11 heteroatoms. The Morgan fingerprint density at radius 3 is 1.45 bits per heavy atom. The van der Waals surface area contributed by atoms with Crippen LogP contribution in [0.15, 0.2) is 12.2 Å². The Morgan fingerprint density at radius 1 is 0.585 bits per heavy atom. The summed E-state index contributed by atoms with van der Waals surface area (Å²) in [5.41, 5.74) is 5.35. The molecule has 0 fully saturated rings. The maximum atomic E-state index is 12.6. The van der Waals surface area contributed by atoms with E-state index in [4.69, 9.17) is 29.4 Å². The van der Waals surface area contributed by atoms with Crippen LogP contribution in [0.1, 0.15) is 206 Å². The number of allylic oxidation sites excluding steroid dienone is 2. The number of nitrogens with two attached hydrogens (primary N) is 1. The van der Waals surface area contributed by atoms with Crippen LogP contribution in [0, 0.1) is 0 Å². The predicted octanol–water partition coefficient (Wildman–Crippen LogP) is 11.8. The third kappa shape index (κ3) is 38.8. The summed E-state index contributed by atoms with van der Waals surface area (Å²) < 4.78 is 33.3. The van der Waals surface area contributed by atoms with Gasteiger partial charge >= 0.3 is 19.8 Å². The van der Waals surface area contributed by atoms with Gasteiger partial charge in [0.1, 0.15) is 12.1 Å². The van der Waals surface area contributed by atoms with Crippen molar-refractivity contribution in [2.24, 2.45) is 5.73 Å². The zero-order chi connectivity index (χ0) is 39.1. The number of carbonyl (C=O) groups is 2. The van der Waals surface area contributed by atoms with E-state index in [0.717, 1.165) is 51.4 Å². The SMILES string of the molecule is CCCCCC/C=C\CCCCCCCC(=O)OC(COCCCCCCCCCCCCCCCCCCCC)COP(=O)(O)OCC(N)C(=O)O. The highest BCUT2D eigenvalue weighted by molar-refractivity contribution is 7.47. The molecule has 0 aliphatic carbocycles. The van der Waals surface area contributed by atoms with Gasteiger partial charge in [-0.2, -0.15) is 0 Å². The third-order valence-corrected chi connectivity index (χ3v) is 10.5. The van der Waals surface area contributed by atoms with Gasteiger partial charge in [0.25, 0.3) is 0 Å². The van der Waals surface area contributed by atoms with Crippen molar-refractivity contribution in [3.63, 3.8) is 0 Å². The van der Waals surface area contributed by atoms with Gasteiger partial charge in [-0.25, -0.2) is 4.57 Å². The lowest BCUT2D eigenvalue weighted by molar-refractivity contribution is -0.154. The van der Waals surface area contributed by atoms with Gasteiger partial charge in [0, 0.05) is 13.0 Å². The number of hydrogen-bond donors (Lipinski definition) is 3. The van der Waals surface area contributed by atoms with Crippen LogP contribution in [0.2, 0.25) is 0 Å². The molecule has 0 amide bonds. The third-order valence-electron chi connectivity index (χ3n) is 9.54. The van der Waals surface area contributed by atoms with Crippen molar-refractivity contribution in [3.8, 4) is 0 Å². The normalized spacial score (nSPS) is 14.0. The van der Waals surface area contributed by atoms with Gasteiger partial charge in [0.2, 0.25) is 0 Å². The molecule has 0 aliphatic heterocycles. The highest BCUT2D eigenvalue weighted by Gasteiger charge is 2.27. The maximum Gasteiger partial charge on any atom is 0.472 e. The summed E-state index contributed by atoms with van der Waals surface area (Å²) in [6, 6.07) is -1.47. The van der Waals surface area contributed by atoms with E-state index in [2.05, 4.69) is 26.0 Å². The summed E-state index contributed by atoms with van der Waals surface area (Å²) >= 11 is 0. The van der Waals surface area contributed by atoms with E-state index >= 15 is 0 Å². The first-order valence-corrected chi connectivity index (χ1v) is 23.2. The smallest absolute Gasteiger partial charge is 0.472 e. The molecule has 0 aromatic heterocycles. The summed E-state index contributed by atoms with van der Waals surface area (Å²) in [5, 5.41) is 8.88. The maximum absolute atomic E-state index is 12.6. The number of unbranched alkanes of at least 4 members (excludes halogenated alkanes) is 26. The fourth-order valence-corrected chi connectivity index (χ4v) is 6.91. The Kier molecular flexibility index (Phi) is 38.0. The van der Waals surface area contributed by atoms with Crippen LogP contribution in [-0.2, 0) is 32.7 Å². The van der Waals surface area contributed by atoms with E-state index < -0.39 is 45.1 Å². The topological polar surface area (TPSA) is 155 Å². The molecular formula is C42H82NO9P. The monoisotopic (exact) mass is 776 g/mol. The van der Waals surface area contributed by atoms with Crippen LogP contribution in [0.5, 0.6) is 0 Å². The van der Waals surface area contributed by atoms with E-state index in [1.165, 1.54) is 128 Å². The molecule has 0 rings (SSSR count). The molecule has 10 nitrogen and oxygen atoms in total. The molecule has 0 spiro atoms. The van der Waals surface area contributed by atoms with E-state index in [1.807, 2.05) is 0 Å². The number of carbonyl (C=O) groups excluding carboxylic acids is 1. The highest BCUT2D eigenvalue weighted by atomic mass is 31.2. The van der Waals surface area contributed by atoms with E-state index in [-0.39, 0.29) is 13.0 Å². The molecule has 4 N–H and O–H groups in total. The van der Waals surface area contributed by atoms with Gasteiger partial charge in [-0.3, -0.25) is 18.6 Å². The second kappa shape index (κ2) is 39.0. The fourth-order valence-electron chi connectivity index (χ4n) is 6.13. The Balaban J connectivity index is 4.19. The molecule has 0 aromatic carbocycles. The molecule has 53 heavy (non-hydrogen) atoms. The summed E-state index contributed by atoms with van der Waals surface area (Å²) in [4.78, 5) is 33.5. The van der Waals surface area contributed by atoms with Crippen molar-refractivity contribution < 1.29 is 42.7 Å². The van der Waals surface area contributed by atoms with Gasteiger partial charge in [-0.1, -0.05) is 174 Å². The lowest BCUT2D eigenvalue weighted by Gasteiger charge is -2.20. The quantitative estimate of drug-likeness (QED) is 0.0236. The summed E-state index contributed by atoms with van der Waals surface area (Å²) in [5.74, 6) is -1.78. The van der Waals surface area contributed by atoms with E-state index in [9.17, 15) is 19.0 Å². The first-order valence-electron chi connectivity index (χ1n) is 21.7. The van der Waals surface area contributed by atoms with Gasteiger partial charge in [0.05, 0.1) is 19.8 Å². The van der Waals surface area contributed by atoms with Crippen LogP contribution < -0.4 is 5.73 Å². The Hall–Kier alpha value is -1.29. The van der Waals surface area contributed by atoms with Crippen LogP contribution in [0.4, 0.5) is 0 Å². The Morgan fingerprint density at radius 2 is 0.981 bits per heavy atom. The largest absolute Gasteiger partial charge is 0.480 e. The molecule has 0 heterocycles. The second-order valence-electron chi connectivity index (χ2n) is 14.8. The lowest BCUT2D eigenvalue weighted by Crippen LogP contribution is -2.34. The minimum Gasteiger partial charge on any atom is -0.480 e. The molecule has 3 unspecified atom stereocenters. The number of aliphatic carboxylic acids is 1. The molecule has 0 saturated carbocycles. The van der Waals surface area contributed by atoms with Crippen LogP contribution in [0.3, 0.4) is 0 Å². The minimum atomic E-state index is -4.61. The van der Waals surface area contributed by atoms with Crippen molar-refractivity contribution >= 4 is 19.8 Å². The second-order valence-corrected chi connectivity index (χ2v) is 16.3. The zero-order valence-electron chi connectivity index (χ0n) is 34.1. The van der Waals surface area contributed by atoms with Crippen LogP contribution in [-0.4, -0.2) is 60.5 Å². The van der Waals surface area contributed by atoms with Crippen LogP contribution in [0.25, 0.3) is 0 Å². The lowest BCUT2D eigenvalue weighted by atomic mass is 10.0. The Labute approximate surface area is 324 Å². The fraction of sp³-hybridized carbons (Fsp3) is 0.905. The molecule has 3 atom stereocenters. The van der Waals surface area contributed by atoms with Gasteiger partial charge < -0.3 is 25.2 Å². The number of carboxylic acid groups (broad SMARTS) is 1. The molecule has 0 saturated heterocycles. The number of rotatable bonds is 42. The molecule has 0 radical (unpaired) electrons. The van der Waals surface area contributed by atoms with Gasteiger partial charge in [-0.15, -0.1) is 0 Å². The van der Waals surface area contributed by atoms with E-state index in [1.54, 1.807) is 0 Å². The van der Waals surface area contributed by atoms with Crippen molar-refractivity contribution in [2.45, 2.75) is 219 Å². The molecular weight excluding hydrogens is 693 g/mol. The number of hydrogen-bond acceptors (Lipinski definition) is 8. The number of phosphoric acid groups is 1. The average Bonchev–Trinajstić information content (AvgIpc) is 3.13. The van der Waals surface area contributed by atoms with Crippen molar-refractivity contribution in [3.05, 3.63) is 12.2 Å². The van der Waals surface area contributed by atoms with Gasteiger partial charge in [-0.05, 0) is 38.5 Å². The van der Waals surface area contributed by atoms with Crippen molar-refractivity contribution in [2.75, 3.05) is 26.4 Å². The number of phosphoric ester groups is 1. The molecule has 0 aliphatic rings. The molecule has 0 bridgehead atoms. The van der Waals surface area contributed by atoms with Crippen LogP contribution >= 0.6 is 7.82 Å². The number of ether oxygens (including phenoxy) is 2.